The Hall–Kier alpha value is -1.26. The number of hydrogen-bond acceptors (Lipinski definition) is 3. The van der Waals surface area contributed by atoms with E-state index in [0.717, 1.165) is 36.4 Å². The van der Waals surface area contributed by atoms with Crippen LogP contribution in [0.15, 0.2) is 18.2 Å². The molecule has 1 N–H and O–H groups in total. The molecule has 0 spiro atoms. The van der Waals surface area contributed by atoms with Gasteiger partial charge in [0.15, 0.2) is 0 Å². The lowest BCUT2D eigenvalue weighted by atomic mass is 10.1. The van der Waals surface area contributed by atoms with Crippen LogP contribution in [0.4, 0.5) is 10.5 Å². The lowest BCUT2D eigenvalue weighted by Gasteiger charge is -2.15. The zero-order valence-corrected chi connectivity index (χ0v) is 13.0. The van der Waals surface area contributed by atoms with Crippen LogP contribution in [0.1, 0.15) is 24.0 Å². The molecule has 112 valence electrons. The van der Waals surface area contributed by atoms with Crippen molar-refractivity contribution < 1.29 is 9.53 Å². The fourth-order valence-corrected chi connectivity index (χ4v) is 2.42. The minimum Gasteiger partial charge on any atom is -0.448 e. The molecule has 1 aromatic carbocycles. The van der Waals surface area contributed by atoms with Gasteiger partial charge in [-0.2, -0.15) is 0 Å². The molecule has 20 heavy (non-hydrogen) atoms. The summed E-state index contributed by atoms with van der Waals surface area (Å²) < 4.78 is 5.23. The lowest BCUT2D eigenvalue weighted by Crippen LogP contribution is -2.26. The summed E-state index contributed by atoms with van der Waals surface area (Å²) in [6.07, 6.45) is 2.15. The number of hydrogen-bond donors (Lipinski definition) is 1. The molecule has 0 aliphatic carbocycles. The van der Waals surface area contributed by atoms with Crippen LogP contribution in [-0.2, 0) is 4.74 Å². The molecule has 1 fully saturated rings. The van der Waals surface area contributed by atoms with E-state index >= 15 is 0 Å². The van der Waals surface area contributed by atoms with E-state index in [1.807, 2.05) is 32.0 Å². The highest BCUT2D eigenvalue weighted by molar-refractivity contribution is 5.86. The van der Waals surface area contributed by atoms with Crippen LogP contribution >= 0.6 is 12.4 Å². The molecule has 0 atom stereocenters. The van der Waals surface area contributed by atoms with Gasteiger partial charge >= 0.3 is 6.09 Å². The summed E-state index contributed by atoms with van der Waals surface area (Å²) in [4.78, 5) is 14.1. The van der Waals surface area contributed by atoms with Crippen LogP contribution in [0.2, 0.25) is 0 Å². The Morgan fingerprint density at radius 1 is 1.25 bits per heavy atom. The molecule has 0 aromatic heterocycles. The average molecular weight is 299 g/mol. The first-order valence-corrected chi connectivity index (χ1v) is 6.89. The third-order valence-corrected chi connectivity index (χ3v) is 3.55. The van der Waals surface area contributed by atoms with Gasteiger partial charge in [-0.15, -0.1) is 12.4 Å². The van der Waals surface area contributed by atoms with Crippen molar-refractivity contribution >= 4 is 24.2 Å². The Morgan fingerprint density at radius 3 is 2.45 bits per heavy atom. The van der Waals surface area contributed by atoms with Gasteiger partial charge in [0.2, 0.25) is 0 Å². The number of carbonyl (C=O) groups is 1. The molecule has 0 unspecified atom stereocenters. The topological polar surface area (TPSA) is 41.6 Å². The minimum atomic E-state index is -0.364. The van der Waals surface area contributed by atoms with Crippen LogP contribution in [0, 0.1) is 13.8 Å². The zero-order valence-electron chi connectivity index (χ0n) is 12.1. The van der Waals surface area contributed by atoms with Gasteiger partial charge in [0.25, 0.3) is 0 Å². The first-order chi connectivity index (χ1) is 9.16. The standard InChI is InChI=1S/C15H22N2O2.ClH/c1-12-6-5-7-13(2)14(12)16-15(18)19-11-10-17-8-3-4-9-17;/h5-7H,3-4,8-11H2,1-2H3,(H,16,18);1H. The molecule has 1 amide bonds. The minimum absolute atomic E-state index is 0. The number of anilines is 1. The summed E-state index contributed by atoms with van der Waals surface area (Å²) in [5.74, 6) is 0. The molecular weight excluding hydrogens is 276 g/mol. The largest absolute Gasteiger partial charge is 0.448 e. The van der Waals surface area contributed by atoms with Crippen LogP contribution in [0.25, 0.3) is 0 Å². The molecule has 1 aliphatic rings. The normalized spacial score (nSPS) is 14.7. The number of halogens is 1. The van der Waals surface area contributed by atoms with E-state index in [-0.39, 0.29) is 18.5 Å². The Morgan fingerprint density at radius 2 is 1.85 bits per heavy atom. The number of likely N-dealkylation sites (tertiary alicyclic amines) is 1. The van der Waals surface area contributed by atoms with Crippen molar-refractivity contribution in [1.82, 2.24) is 4.90 Å². The second-order valence-corrected chi connectivity index (χ2v) is 5.08. The molecule has 1 heterocycles. The lowest BCUT2D eigenvalue weighted by molar-refractivity contribution is 0.146. The van der Waals surface area contributed by atoms with Crippen molar-refractivity contribution in [3.8, 4) is 0 Å². The number of nitrogens with one attached hydrogen (secondary N) is 1. The van der Waals surface area contributed by atoms with Crippen molar-refractivity contribution in [1.29, 1.82) is 0 Å². The molecule has 1 aromatic rings. The van der Waals surface area contributed by atoms with E-state index in [9.17, 15) is 4.79 Å². The Balaban J connectivity index is 0.00000200. The van der Waals surface area contributed by atoms with Gasteiger partial charge in [0.1, 0.15) is 6.61 Å². The number of para-hydroxylation sites is 1. The average Bonchev–Trinajstić information content (AvgIpc) is 2.87. The van der Waals surface area contributed by atoms with Gasteiger partial charge in [-0.1, -0.05) is 18.2 Å². The summed E-state index contributed by atoms with van der Waals surface area (Å²) in [5, 5.41) is 2.82. The van der Waals surface area contributed by atoms with E-state index in [2.05, 4.69) is 10.2 Å². The maximum Gasteiger partial charge on any atom is 0.411 e. The number of benzene rings is 1. The first-order valence-electron chi connectivity index (χ1n) is 6.89. The van der Waals surface area contributed by atoms with Crippen LogP contribution in [0.5, 0.6) is 0 Å². The predicted octanol–water partition coefficient (Wildman–Crippen LogP) is 3.37. The van der Waals surface area contributed by atoms with Crippen molar-refractivity contribution in [2.45, 2.75) is 26.7 Å². The smallest absolute Gasteiger partial charge is 0.411 e. The van der Waals surface area contributed by atoms with Gasteiger partial charge in [0, 0.05) is 12.2 Å². The number of amides is 1. The van der Waals surface area contributed by atoms with Gasteiger partial charge in [-0.25, -0.2) is 4.79 Å². The molecular formula is C15H23ClN2O2. The second kappa shape index (κ2) is 8.12. The zero-order chi connectivity index (χ0) is 13.7. The monoisotopic (exact) mass is 298 g/mol. The van der Waals surface area contributed by atoms with Crippen LogP contribution in [0.3, 0.4) is 0 Å². The summed E-state index contributed by atoms with van der Waals surface area (Å²) >= 11 is 0. The molecule has 2 rings (SSSR count). The summed E-state index contributed by atoms with van der Waals surface area (Å²) in [5.41, 5.74) is 2.96. The van der Waals surface area contributed by atoms with Gasteiger partial charge in [-0.05, 0) is 50.9 Å². The summed E-state index contributed by atoms with van der Waals surface area (Å²) in [6.45, 7) is 7.50. The van der Waals surface area contributed by atoms with E-state index in [1.165, 1.54) is 12.8 Å². The Labute approximate surface area is 126 Å². The van der Waals surface area contributed by atoms with E-state index in [0.29, 0.717) is 6.61 Å². The van der Waals surface area contributed by atoms with Crippen molar-refractivity contribution in [2.24, 2.45) is 0 Å². The summed E-state index contributed by atoms with van der Waals surface area (Å²) in [6, 6.07) is 5.94. The van der Waals surface area contributed by atoms with E-state index in [4.69, 9.17) is 4.74 Å². The molecule has 4 nitrogen and oxygen atoms in total. The van der Waals surface area contributed by atoms with E-state index < -0.39 is 0 Å². The van der Waals surface area contributed by atoms with Crippen molar-refractivity contribution in [3.05, 3.63) is 29.3 Å². The highest BCUT2D eigenvalue weighted by Gasteiger charge is 2.12. The highest BCUT2D eigenvalue weighted by atomic mass is 35.5. The number of ether oxygens (including phenoxy) is 1. The second-order valence-electron chi connectivity index (χ2n) is 5.08. The number of aryl methyl sites for hydroxylation is 2. The fourth-order valence-electron chi connectivity index (χ4n) is 2.42. The van der Waals surface area contributed by atoms with Crippen LogP contribution in [-0.4, -0.2) is 37.2 Å². The molecule has 1 saturated heterocycles. The van der Waals surface area contributed by atoms with Gasteiger partial charge < -0.3 is 4.74 Å². The van der Waals surface area contributed by atoms with Gasteiger partial charge in [0.05, 0.1) is 0 Å². The molecule has 0 bridgehead atoms. The molecule has 5 heteroatoms. The van der Waals surface area contributed by atoms with E-state index in [1.54, 1.807) is 0 Å². The highest BCUT2D eigenvalue weighted by Crippen LogP contribution is 2.19. The van der Waals surface area contributed by atoms with Crippen molar-refractivity contribution in [2.75, 3.05) is 31.6 Å². The maximum absolute atomic E-state index is 11.7. The van der Waals surface area contributed by atoms with Gasteiger partial charge in [-0.3, -0.25) is 10.2 Å². The first kappa shape index (κ1) is 16.8. The Bertz CT molecular complexity index is 425. The Kier molecular flexibility index (Phi) is 6.82. The molecule has 0 saturated carbocycles. The third kappa shape index (κ3) is 4.69. The predicted molar refractivity (Wildman–Crippen MR) is 83.8 cm³/mol. The number of nitrogens with zero attached hydrogens (tertiary/aromatic N) is 1. The van der Waals surface area contributed by atoms with Crippen LogP contribution < -0.4 is 5.32 Å². The maximum atomic E-state index is 11.7. The summed E-state index contributed by atoms with van der Waals surface area (Å²) in [7, 11) is 0. The third-order valence-electron chi connectivity index (χ3n) is 3.55. The number of rotatable bonds is 4. The number of carbonyl (C=O) groups excluding carboxylic acids is 1. The SMILES string of the molecule is Cc1cccc(C)c1NC(=O)OCCN1CCCC1.Cl. The molecule has 1 aliphatic heterocycles. The van der Waals surface area contributed by atoms with Crippen molar-refractivity contribution in [3.63, 3.8) is 0 Å². The quantitative estimate of drug-likeness (QED) is 0.926. The fraction of sp³-hybridized carbons (Fsp3) is 0.533. The molecule has 0 radical (unpaired) electrons.